The molecule has 0 aromatic heterocycles. The first-order valence-electron chi connectivity index (χ1n) is 9.45. The van der Waals surface area contributed by atoms with E-state index in [9.17, 15) is 9.90 Å². The maximum atomic E-state index is 12.2. The maximum Gasteiger partial charge on any atom is 0.307 e. The number of aryl methyl sites for hydroxylation is 1. The monoisotopic (exact) mass is 352 g/mol. The Morgan fingerprint density at radius 2 is 1.44 bits per heavy atom. The molecular weight excluding hydrogens is 332 g/mol. The summed E-state index contributed by atoms with van der Waals surface area (Å²) < 4.78 is 0. The molecule has 0 saturated carbocycles. The number of rotatable bonds is 2. The maximum absolute atomic E-state index is 12.2. The first-order valence-corrected chi connectivity index (χ1v) is 9.45. The number of benzene rings is 4. The van der Waals surface area contributed by atoms with Crippen molar-refractivity contribution < 1.29 is 9.90 Å². The molecule has 5 rings (SSSR count). The van der Waals surface area contributed by atoms with Gasteiger partial charge in [0.2, 0.25) is 0 Å². The minimum absolute atomic E-state index is 0.136. The van der Waals surface area contributed by atoms with Crippen molar-refractivity contribution >= 4 is 27.5 Å². The van der Waals surface area contributed by atoms with Crippen molar-refractivity contribution in [1.29, 1.82) is 0 Å². The number of aliphatic carboxylic acids is 1. The topological polar surface area (TPSA) is 37.3 Å². The Kier molecular flexibility index (Phi) is 3.71. The average Bonchev–Trinajstić information content (AvgIpc) is 2.72. The van der Waals surface area contributed by atoms with Crippen LogP contribution in [0.2, 0.25) is 0 Å². The standard InChI is InChI=1S/C25H20O2/c26-25(27)22-15-14-18-13-12-17-7-2-4-10-20(17)23(18)24(22)21-11-5-8-16-6-1-3-9-19(16)21/h1-13,22,24H,14-15H2,(H,26,27)/t22-,24-/m1/s1. The van der Waals surface area contributed by atoms with Gasteiger partial charge in [-0.2, -0.15) is 0 Å². The summed E-state index contributed by atoms with van der Waals surface area (Å²) in [5.74, 6) is -1.25. The number of carboxylic acids is 1. The fraction of sp³-hybridized carbons (Fsp3) is 0.160. The highest BCUT2D eigenvalue weighted by Gasteiger charge is 2.37. The van der Waals surface area contributed by atoms with Gasteiger partial charge in [0.1, 0.15) is 0 Å². The van der Waals surface area contributed by atoms with Crippen LogP contribution in [0.3, 0.4) is 0 Å². The summed E-state index contributed by atoms with van der Waals surface area (Å²) in [6.07, 6.45) is 1.49. The van der Waals surface area contributed by atoms with Crippen molar-refractivity contribution in [3.05, 3.63) is 95.6 Å². The van der Waals surface area contributed by atoms with Gasteiger partial charge in [-0.25, -0.2) is 0 Å². The van der Waals surface area contributed by atoms with Crippen molar-refractivity contribution in [2.45, 2.75) is 18.8 Å². The smallest absolute Gasteiger partial charge is 0.307 e. The van der Waals surface area contributed by atoms with Crippen molar-refractivity contribution in [3.63, 3.8) is 0 Å². The van der Waals surface area contributed by atoms with E-state index in [4.69, 9.17) is 0 Å². The van der Waals surface area contributed by atoms with Crippen LogP contribution in [-0.4, -0.2) is 11.1 Å². The predicted molar refractivity (Wildman–Crippen MR) is 109 cm³/mol. The van der Waals surface area contributed by atoms with Gasteiger partial charge in [-0.1, -0.05) is 78.9 Å². The van der Waals surface area contributed by atoms with E-state index < -0.39 is 11.9 Å². The minimum Gasteiger partial charge on any atom is -0.481 e. The molecule has 132 valence electrons. The summed E-state index contributed by atoms with van der Waals surface area (Å²) in [4.78, 5) is 12.2. The van der Waals surface area contributed by atoms with Crippen LogP contribution in [0.5, 0.6) is 0 Å². The average molecular weight is 352 g/mol. The molecule has 4 aromatic rings. The van der Waals surface area contributed by atoms with Crippen LogP contribution in [0.15, 0.2) is 78.9 Å². The SMILES string of the molecule is O=C(O)[C@@H]1CCc2ccc3ccccc3c2[C@@H]1c1cccc2ccccc12. The Bertz CT molecular complexity index is 1170. The largest absolute Gasteiger partial charge is 0.481 e. The molecule has 1 aliphatic rings. The third-order valence-electron chi connectivity index (χ3n) is 5.97. The van der Waals surface area contributed by atoms with E-state index in [1.165, 1.54) is 21.9 Å². The second-order valence-electron chi connectivity index (χ2n) is 7.39. The molecule has 0 bridgehead atoms. The van der Waals surface area contributed by atoms with Gasteiger partial charge in [0.25, 0.3) is 0 Å². The van der Waals surface area contributed by atoms with E-state index in [1.807, 2.05) is 24.3 Å². The highest BCUT2D eigenvalue weighted by atomic mass is 16.4. The highest BCUT2D eigenvalue weighted by Crippen LogP contribution is 2.46. The van der Waals surface area contributed by atoms with Gasteiger partial charge < -0.3 is 5.11 Å². The summed E-state index contributed by atoms with van der Waals surface area (Å²) >= 11 is 0. The molecule has 4 aromatic carbocycles. The zero-order valence-electron chi connectivity index (χ0n) is 14.9. The third kappa shape index (κ3) is 2.52. The predicted octanol–water partition coefficient (Wildman–Crippen LogP) is 5.77. The lowest BCUT2D eigenvalue weighted by Gasteiger charge is -2.33. The van der Waals surface area contributed by atoms with Gasteiger partial charge in [-0.05, 0) is 51.1 Å². The fourth-order valence-electron chi connectivity index (χ4n) is 4.76. The summed E-state index contributed by atoms with van der Waals surface area (Å²) in [5.41, 5.74) is 3.60. The van der Waals surface area contributed by atoms with E-state index in [-0.39, 0.29) is 5.92 Å². The molecule has 0 unspecified atom stereocenters. The molecule has 0 radical (unpaired) electrons. The van der Waals surface area contributed by atoms with Crippen LogP contribution in [0.4, 0.5) is 0 Å². The van der Waals surface area contributed by atoms with Crippen LogP contribution < -0.4 is 0 Å². The molecule has 27 heavy (non-hydrogen) atoms. The lowest BCUT2D eigenvalue weighted by Crippen LogP contribution is -2.28. The van der Waals surface area contributed by atoms with Gasteiger partial charge in [0, 0.05) is 5.92 Å². The molecule has 0 aliphatic heterocycles. The van der Waals surface area contributed by atoms with Crippen molar-refractivity contribution in [2.24, 2.45) is 5.92 Å². The Labute approximate surface area is 158 Å². The summed E-state index contributed by atoms with van der Waals surface area (Å²) in [6.45, 7) is 0. The van der Waals surface area contributed by atoms with E-state index >= 15 is 0 Å². The minimum atomic E-state index is -0.702. The van der Waals surface area contributed by atoms with Crippen molar-refractivity contribution in [3.8, 4) is 0 Å². The zero-order valence-corrected chi connectivity index (χ0v) is 14.9. The van der Waals surface area contributed by atoms with E-state index in [0.717, 1.165) is 22.8 Å². The number of hydrogen-bond acceptors (Lipinski definition) is 1. The molecule has 0 heterocycles. The van der Waals surface area contributed by atoms with Gasteiger partial charge in [0.15, 0.2) is 0 Å². The molecule has 2 atom stereocenters. The molecule has 0 spiro atoms. The van der Waals surface area contributed by atoms with Crippen molar-refractivity contribution in [1.82, 2.24) is 0 Å². The lowest BCUT2D eigenvalue weighted by atomic mass is 9.69. The van der Waals surface area contributed by atoms with Gasteiger partial charge in [-0.3, -0.25) is 4.79 Å². The quantitative estimate of drug-likeness (QED) is 0.497. The lowest BCUT2D eigenvalue weighted by molar-refractivity contribution is -0.142. The Hall–Kier alpha value is -3.13. The zero-order chi connectivity index (χ0) is 18.4. The van der Waals surface area contributed by atoms with Gasteiger partial charge >= 0.3 is 5.97 Å². The third-order valence-corrected chi connectivity index (χ3v) is 5.97. The normalized spacial score (nSPS) is 19.1. The summed E-state index contributed by atoms with van der Waals surface area (Å²) in [7, 11) is 0. The second kappa shape index (κ2) is 6.24. The highest BCUT2D eigenvalue weighted by molar-refractivity contribution is 5.92. The molecular formula is C25H20O2. The molecule has 2 heteroatoms. The fourth-order valence-corrected chi connectivity index (χ4v) is 4.76. The first kappa shape index (κ1) is 16.1. The second-order valence-corrected chi connectivity index (χ2v) is 7.39. The summed E-state index contributed by atoms with van der Waals surface area (Å²) in [6, 6.07) is 27.2. The number of hydrogen-bond donors (Lipinski definition) is 1. The van der Waals surface area contributed by atoms with E-state index in [0.29, 0.717) is 6.42 Å². The molecule has 0 saturated heterocycles. The van der Waals surface area contributed by atoms with Crippen LogP contribution in [0, 0.1) is 5.92 Å². The Morgan fingerprint density at radius 3 is 2.22 bits per heavy atom. The van der Waals surface area contributed by atoms with Gasteiger partial charge in [-0.15, -0.1) is 0 Å². The number of carbonyl (C=O) groups is 1. The number of fused-ring (bicyclic) bond motifs is 4. The summed E-state index contributed by atoms with van der Waals surface area (Å²) in [5, 5.41) is 14.7. The molecule has 0 fully saturated rings. The van der Waals surface area contributed by atoms with E-state index in [2.05, 4.69) is 54.6 Å². The Morgan fingerprint density at radius 1 is 0.778 bits per heavy atom. The van der Waals surface area contributed by atoms with Crippen LogP contribution in [0.1, 0.15) is 29.0 Å². The number of carboxylic acid groups (broad SMARTS) is 1. The molecule has 2 nitrogen and oxygen atoms in total. The molecule has 0 amide bonds. The Balaban J connectivity index is 1.86. The van der Waals surface area contributed by atoms with Crippen LogP contribution in [0.25, 0.3) is 21.5 Å². The first-order chi connectivity index (χ1) is 13.2. The van der Waals surface area contributed by atoms with Crippen LogP contribution >= 0.6 is 0 Å². The van der Waals surface area contributed by atoms with Crippen LogP contribution in [-0.2, 0) is 11.2 Å². The molecule has 1 aliphatic carbocycles. The van der Waals surface area contributed by atoms with Gasteiger partial charge in [0.05, 0.1) is 5.92 Å². The molecule has 1 N–H and O–H groups in total. The van der Waals surface area contributed by atoms with E-state index in [1.54, 1.807) is 0 Å². The van der Waals surface area contributed by atoms with Crippen molar-refractivity contribution in [2.75, 3.05) is 0 Å².